The quantitative estimate of drug-likeness (QED) is 0.676. The van der Waals surface area contributed by atoms with Crippen molar-refractivity contribution in [2.75, 3.05) is 0 Å². The minimum absolute atomic E-state index is 0.104. The van der Waals surface area contributed by atoms with Crippen molar-refractivity contribution in [3.05, 3.63) is 52.3 Å². The van der Waals surface area contributed by atoms with Crippen molar-refractivity contribution in [3.8, 4) is 0 Å². The molecular weight excluding hydrogens is 293 g/mol. The lowest BCUT2D eigenvalue weighted by Crippen LogP contribution is -2.11. The van der Waals surface area contributed by atoms with E-state index in [0.717, 1.165) is 17.1 Å². The van der Waals surface area contributed by atoms with Crippen molar-refractivity contribution >= 4 is 17.4 Å². The fourth-order valence-electron chi connectivity index (χ4n) is 1.61. The maximum atomic E-state index is 12.4. The van der Waals surface area contributed by atoms with Gasteiger partial charge in [-0.1, -0.05) is 23.7 Å². The zero-order valence-electron chi connectivity index (χ0n) is 10.1. The topological polar surface area (TPSA) is 67.7 Å². The van der Waals surface area contributed by atoms with Gasteiger partial charge in [0.2, 0.25) is 0 Å². The van der Waals surface area contributed by atoms with Crippen LogP contribution in [0.15, 0.2) is 30.6 Å². The van der Waals surface area contributed by atoms with Crippen molar-refractivity contribution in [2.24, 2.45) is 5.73 Å². The van der Waals surface area contributed by atoms with Gasteiger partial charge >= 0.3 is 6.18 Å². The maximum absolute atomic E-state index is 12.4. The van der Waals surface area contributed by atoms with Crippen LogP contribution in [0.25, 0.3) is 0 Å². The number of halogens is 4. The summed E-state index contributed by atoms with van der Waals surface area (Å²) in [4.78, 5) is 0. The molecule has 2 rings (SSSR count). The zero-order valence-corrected chi connectivity index (χ0v) is 10.8. The van der Waals surface area contributed by atoms with Crippen molar-refractivity contribution in [1.82, 2.24) is 9.78 Å². The number of nitrogens with zero attached hydrogens (tertiary/aromatic N) is 2. The molecule has 1 aromatic carbocycles. The van der Waals surface area contributed by atoms with E-state index in [-0.39, 0.29) is 12.4 Å². The Morgan fingerprint density at radius 1 is 1.40 bits per heavy atom. The lowest BCUT2D eigenvalue weighted by atomic mass is 10.1. The van der Waals surface area contributed by atoms with Crippen LogP contribution in [0.3, 0.4) is 0 Å². The molecule has 0 aliphatic carbocycles. The molecule has 8 heteroatoms. The first-order valence-electron chi connectivity index (χ1n) is 5.50. The Balaban J connectivity index is 2.22. The van der Waals surface area contributed by atoms with Gasteiger partial charge < -0.3 is 5.73 Å². The third-order valence-electron chi connectivity index (χ3n) is 2.66. The molecule has 0 amide bonds. The summed E-state index contributed by atoms with van der Waals surface area (Å²) in [5.74, 6) is -0.128. The van der Waals surface area contributed by atoms with Gasteiger partial charge in [0.15, 0.2) is 0 Å². The molecule has 0 aliphatic rings. The predicted octanol–water partition coefficient (Wildman–Crippen LogP) is 2.89. The standard InChI is InChI=1S/C12H10ClF3N4/c13-10-3-7(11(17)18)1-2-8(10)5-20-6-9(4-19-20)12(14,15)16/h1-4,6H,5H2,(H3,17,18). The molecule has 0 aliphatic heterocycles. The van der Waals surface area contributed by atoms with E-state index < -0.39 is 11.7 Å². The van der Waals surface area contributed by atoms with Crippen LogP contribution >= 0.6 is 11.6 Å². The number of alkyl halides is 3. The van der Waals surface area contributed by atoms with Gasteiger partial charge in [0.1, 0.15) is 5.84 Å². The minimum Gasteiger partial charge on any atom is -0.384 e. The summed E-state index contributed by atoms with van der Waals surface area (Å²) in [7, 11) is 0. The Labute approximate surface area is 117 Å². The van der Waals surface area contributed by atoms with Crippen molar-refractivity contribution in [3.63, 3.8) is 0 Å². The van der Waals surface area contributed by atoms with E-state index in [9.17, 15) is 13.2 Å². The number of aromatic nitrogens is 2. The average molecular weight is 303 g/mol. The molecule has 106 valence electrons. The van der Waals surface area contributed by atoms with E-state index in [0.29, 0.717) is 16.1 Å². The van der Waals surface area contributed by atoms with Crippen LogP contribution in [0.1, 0.15) is 16.7 Å². The van der Waals surface area contributed by atoms with Gasteiger partial charge in [0.25, 0.3) is 0 Å². The molecule has 0 unspecified atom stereocenters. The molecule has 0 radical (unpaired) electrons. The summed E-state index contributed by atoms with van der Waals surface area (Å²) in [5.41, 5.74) is 5.55. The van der Waals surface area contributed by atoms with Gasteiger partial charge in [-0.05, 0) is 11.6 Å². The highest BCUT2D eigenvalue weighted by atomic mass is 35.5. The normalized spacial score (nSPS) is 11.6. The van der Waals surface area contributed by atoms with Crippen LogP contribution < -0.4 is 5.73 Å². The van der Waals surface area contributed by atoms with E-state index in [1.54, 1.807) is 12.1 Å². The molecular formula is C12H10ClF3N4. The number of nitrogen functional groups attached to an aromatic ring is 1. The van der Waals surface area contributed by atoms with E-state index in [4.69, 9.17) is 22.7 Å². The molecule has 0 fully saturated rings. The zero-order chi connectivity index (χ0) is 14.9. The highest BCUT2D eigenvalue weighted by Gasteiger charge is 2.32. The van der Waals surface area contributed by atoms with Crippen LogP contribution in [-0.4, -0.2) is 15.6 Å². The van der Waals surface area contributed by atoms with Crippen LogP contribution in [-0.2, 0) is 12.7 Å². The highest BCUT2D eigenvalue weighted by Crippen LogP contribution is 2.28. The number of nitrogens with one attached hydrogen (secondary N) is 1. The second-order valence-electron chi connectivity index (χ2n) is 4.14. The molecule has 20 heavy (non-hydrogen) atoms. The fourth-order valence-corrected chi connectivity index (χ4v) is 1.85. The molecule has 4 nitrogen and oxygen atoms in total. The lowest BCUT2D eigenvalue weighted by Gasteiger charge is -2.07. The number of benzene rings is 1. The second kappa shape index (κ2) is 5.16. The molecule has 0 atom stereocenters. The van der Waals surface area contributed by atoms with E-state index in [1.165, 1.54) is 6.07 Å². The van der Waals surface area contributed by atoms with Crippen molar-refractivity contribution in [2.45, 2.75) is 12.7 Å². The van der Waals surface area contributed by atoms with E-state index in [1.807, 2.05) is 0 Å². The summed E-state index contributed by atoms with van der Waals surface area (Å²) in [5, 5.41) is 11.2. The SMILES string of the molecule is N=C(N)c1ccc(Cn2cc(C(F)(F)F)cn2)c(Cl)c1. The van der Waals surface area contributed by atoms with Crippen LogP contribution in [0.2, 0.25) is 5.02 Å². The van der Waals surface area contributed by atoms with E-state index >= 15 is 0 Å². The maximum Gasteiger partial charge on any atom is 0.419 e. The van der Waals surface area contributed by atoms with Crippen LogP contribution in [0, 0.1) is 5.41 Å². The molecule has 0 saturated heterocycles. The largest absolute Gasteiger partial charge is 0.419 e. The number of nitrogens with two attached hydrogens (primary N) is 1. The molecule has 0 spiro atoms. The minimum atomic E-state index is -4.42. The summed E-state index contributed by atoms with van der Waals surface area (Å²) < 4.78 is 38.5. The monoisotopic (exact) mass is 302 g/mol. The van der Waals surface area contributed by atoms with Crippen molar-refractivity contribution < 1.29 is 13.2 Å². The van der Waals surface area contributed by atoms with Gasteiger partial charge in [-0.2, -0.15) is 18.3 Å². The summed E-state index contributed by atoms with van der Waals surface area (Å²) in [6.07, 6.45) is -2.74. The summed E-state index contributed by atoms with van der Waals surface area (Å²) in [6.45, 7) is 0.104. The molecule has 1 aromatic heterocycles. The molecule has 0 saturated carbocycles. The summed E-state index contributed by atoms with van der Waals surface area (Å²) >= 11 is 6.00. The van der Waals surface area contributed by atoms with Gasteiger partial charge in [0, 0.05) is 16.8 Å². The summed E-state index contributed by atoms with van der Waals surface area (Å²) in [6, 6.07) is 4.68. The Morgan fingerprint density at radius 2 is 2.10 bits per heavy atom. The Kier molecular flexibility index (Phi) is 3.71. The fraction of sp³-hybridized carbons (Fsp3) is 0.167. The molecule has 2 aromatic rings. The Bertz CT molecular complexity index is 648. The predicted molar refractivity (Wildman–Crippen MR) is 68.8 cm³/mol. The van der Waals surface area contributed by atoms with Gasteiger partial charge in [-0.15, -0.1) is 0 Å². The highest BCUT2D eigenvalue weighted by molar-refractivity contribution is 6.31. The third-order valence-corrected chi connectivity index (χ3v) is 3.01. The Morgan fingerprint density at radius 3 is 2.60 bits per heavy atom. The number of hydrogen-bond donors (Lipinski definition) is 2. The number of amidine groups is 1. The van der Waals surface area contributed by atoms with E-state index in [2.05, 4.69) is 5.10 Å². The molecule has 1 heterocycles. The molecule has 0 bridgehead atoms. The van der Waals surface area contributed by atoms with Crippen LogP contribution in [0.5, 0.6) is 0 Å². The first kappa shape index (κ1) is 14.4. The van der Waals surface area contributed by atoms with Gasteiger partial charge in [-0.3, -0.25) is 10.1 Å². The second-order valence-corrected chi connectivity index (χ2v) is 4.55. The van der Waals surface area contributed by atoms with Crippen molar-refractivity contribution in [1.29, 1.82) is 5.41 Å². The van der Waals surface area contributed by atoms with Crippen LogP contribution in [0.4, 0.5) is 13.2 Å². The lowest BCUT2D eigenvalue weighted by molar-refractivity contribution is -0.137. The Hall–Kier alpha value is -2.02. The first-order valence-corrected chi connectivity index (χ1v) is 5.87. The number of rotatable bonds is 3. The van der Waals surface area contributed by atoms with Gasteiger partial charge in [-0.25, -0.2) is 0 Å². The first-order chi connectivity index (χ1) is 9.27. The average Bonchev–Trinajstić information content (AvgIpc) is 2.80. The third kappa shape index (κ3) is 3.11. The number of hydrogen-bond acceptors (Lipinski definition) is 2. The molecule has 3 N–H and O–H groups in total. The smallest absolute Gasteiger partial charge is 0.384 e. The van der Waals surface area contributed by atoms with Gasteiger partial charge in [0.05, 0.1) is 18.3 Å².